The smallest absolute Gasteiger partial charge is 0.142 e. The molecule has 84 valence electrons. The fraction of sp³-hybridized carbons (Fsp3) is 0.500. The van der Waals surface area contributed by atoms with E-state index in [4.69, 9.17) is 11.6 Å². The topological polar surface area (TPSA) is 20.2 Å². The summed E-state index contributed by atoms with van der Waals surface area (Å²) in [5.74, 6) is -0.315. The van der Waals surface area contributed by atoms with E-state index in [1.807, 2.05) is 13.8 Å². The quantitative estimate of drug-likeness (QED) is 0.844. The summed E-state index contributed by atoms with van der Waals surface area (Å²) in [7, 11) is 0. The van der Waals surface area contributed by atoms with Crippen LogP contribution in [0.5, 0.6) is 0 Å². The van der Waals surface area contributed by atoms with Gasteiger partial charge in [-0.3, -0.25) is 0 Å². The molecule has 1 aromatic rings. The van der Waals surface area contributed by atoms with Gasteiger partial charge in [0.15, 0.2) is 0 Å². The fourth-order valence-corrected chi connectivity index (χ4v) is 1.38. The highest BCUT2D eigenvalue weighted by molar-refractivity contribution is 6.30. The number of hydrogen-bond acceptors (Lipinski definition) is 1. The second-order valence-electron chi connectivity index (χ2n) is 4.44. The molecule has 1 nitrogen and oxygen atoms in total. The normalized spacial score (nSPS) is 15.4. The van der Waals surface area contributed by atoms with Gasteiger partial charge in [-0.25, -0.2) is 4.39 Å². The summed E-state index contributed by atoms with van der Waals surface area (Å²) < 4.78 is 13.1. The van der Waals surface area contributed by atoms with Gasteiger partial charge in [-0.1, -0.05) is 31.5 Å². The minimum Gasteiger partial charge on any atom is -0.390 e. The molecule has 0 aliphatic heterocycles. The van der Waals surface area contributed by atoms with Crippen molar-refractivity contribution in [2.75, 3.05) is 0 Å². The highest BCUT2D eigenvalue weighted by Gasteiger charge is 2.25. The molecule has 1 aromatic carbocycles. The van der Waals surface area contributed by atoms with Crippen LogP contribution < -0.4 is 0 Å². The predicted molar refractivity (Wildman–Crippen MR) is 60.6 cm³/mol. The monoisotopic (exact) mass is 230 g/mol. The Kier molecular flexibility index (Phi) is 3.74. The van der Waals surface area contributed by atoms with E-state index in [0.29, 0.717) is 6.42 Å². The summed E-state index contributed by atoms with van der Waals surface area (Å²) in [6.45, 7) is 5.63. The molecule has 0 spiro atoms. The van der Waals surface area contributed by atoms with E-state index in [0.717, 1.165) is 5.56 Å². The lowest BCUT2D eigenvalue weighted by atomic mass is 9.86. The molecular formula is C12H16ClFO. The van der Waals surface area contributed by atoms with E-state index in [9.17, 15) is 9.50 Å². The first kappa shape index (κ1) is 12.5. The second-order valence-corrected chi connectivity index (χ2v) is 4.84. The van der Waals surface area contributed by atoms with Crippen molar-refractivity contribution in [3.63, 3.8) is 0 Å². The van der Waals surface area contributed by atoms with Crippen molar-refractivity contribution >= 4 is 11.6 Å². The number of benzene rings is 1. The van der Waals surface area contributed by atoms with Crippen molar-refractivity contribution in [2.45, 2.75) is 32.8 Å². The van der Waals surface area contributed by atoms with Crippen LogP contribution in [0.25, 0.3) is 0 Å². The van der Waals surface area contributed by atoms with Crippen molar-refractivity contribution < 1.29 is 9.50 Å². The zero-order chi connectivity index (χ0) is 11.6. The third-order valence-corrected chi connectivity index (χ3v) is 3.10. The maximum absolute atomic E-state index is 13.1. The Hall–Kier alpha value is -0.600. The van der Waals surface area contributed by atoms with Crippen LogP contribution in [0.3, 0.4) is 0 Å². The van der Waals surface area contributed by atoms with Crippen LogP contribution in [0, 0.1) is 11.7 Å². The minimum absolute atomic E-state index is 0.114. The van der Waals surface area contributed by atoms with E-state index in [1.54, 1.807) is 13.0 Å². The Bertz CT molecular complexity index is 347. The molecule has 0 bridgehead atoms. The highest BCUT2D eigenvalue weighted by Crippen LogP contribution is 2.23. The number of rotatable bonds is 3. The van der Waals surface area contributed by atoms with Gasteiger partial charge in [-0.15, -0.1) is 0 Å². The molecule has 15 heavy (non-hydrogen) atoms. The molecule has 1 rings (SSSR count). The molecule has 0 amide bonds. The number of hydrogen-bond donors (Lipinski definition) is 1. The van der Waals surface area contributed by atoms with Crippen LogP contribution in [0.2, 0.25) is 5.02 Å². The van der Waals surface area contributed by atoms with Crippen molar-refractivity contribution in [1.29, 1.82) is 0 Å². The highest BCUT2D eigenvalue weighted by atomic mass is 35.5. The van der Waals surface area contributed by atoms with Gasteiger partial charge in [0.25, 0.3) is 0 Å². The lowest BCUT2D eigenvalue weighted by Crippen LogP contribution is -2.33. The second kappa shape index (κ2) is 4.50. The van der Waals surface area contributed by atoms with Gasteiger partial charge >= 0.3 is 0 Å². The van der Waals surface area contributed by atoms with E-state index in [2.05, 4.69) is 0 Å². The molecule has 0 aromatic heterocycles. The first-order valence-electron chi connectivity index (χ1n) is 4.99. The van der Waals surface area contributed by atoms with Gasteiger partial charge in [-0.05, 0) is 30.5 Å². The Morgan fingerprint density at radius 1 is 1.47 bits per heavy atom. The molecule has 3 heteroatoms. The third kappa shape index (κ3) is 3.18. The van der Waals surface area contributed by atoms with Crippen molar-refractivity contribution in [1.82, 2.24) is 0 Å². The Balaban J connectivity index is 2.86. The molecule has 1 unspecified atom stereocenters. The Morgan fingerprint density at radius 2 is 2.07 bits per heavy atom. The van der Waals surface area contributed by atoms with Crippen LogP contribution in [0.1, 0.15) is 26.3 Å². The van der Waals surface area contributed by atoms with Gasteiger partial charge < -0.3 is 5.11 Å². The summed E-state index contributed by atoms with van der Waals surface area (Å²) in [5, 5.41) is 10.2. The average molecular weight is 231 g/mol. The summed E-state index contributed by atoms with van der Waals surface area (Å²) >= 11 is 5.58. The molecule has 1 N–H and O–H groups in total. The van der Waals surface area contributed by atoms with Gasteiger partial charge in [0.2, 0.25) is 0 Å². The average Bonchev–Trinajstić information content (AvgIpc) is 2.10. The van der Waals surface area contributed by atoms with Crippen molar-refractivity contribution in [2.24, 2.45) is 5.92 Å². The maximum Gasteiger partial charge on any atom is 0.142 e. The lowest BCUT2D eigenvalue weighted by molar-refractivity contribution is 0.0139. The lowest BCUT2D eigenvalue weighted by Gasteiger charge is -2.27. The van der Waals surface area contributed by atoms with Crippen LogP contribution in [0.4, 0.5) is 4.39 Å². The standard InChI is InChI=1S/C12H16ClFO/c1-8(2)12(3,15)7-9-4-5-10(13)11(14)6-9/h4-6,8,15H,7H2,1-3H3. The first-order chi connectivity index (χ1) is 6.83. The van der Waals surface area contributed by atoms with Crippen LogP contribution >= 0.6 is 11.6 Å². The summed E-state index contributed by atoms with van der Waals surface area (Å²) in [4.78, 5) is 0. The molecule has 1 atom stereocenters. The summed E-state index contributed by atoms with van der Waals surface area (Å²) in [6.07, 6.45) is 0.429. The third-order valence-electron chi connectivity index (χ3n) is 2.79. The van der Waals surface area contributed by atoms with Crippen LogP contribution in [0.15, 0.2) is 18.2 Å². The molecule has 0 saturated heterocycles. The van der Waals surface area contributed by atoms with Crippen molar-refractivity contribution in [3.8, 4) is 0 Å². The molecular weight excluding hydrogens is 215 g/mol. The SMILES string of the molecule is CC(C)C(C)(O)Cc1ccc(Cl)c(F)c1. The van der Waals surface area contributed by atoms with E-state index in [1.165, 1.54) is 12.1 Å². The van der Waals surface area contributed by atoms with E-state index < -0.39 is 11.4 Å². The van der Waals surface area contributed by atoms with Gasteiger partial charge in [0.1, 0.15) is 5.82 Å². The number of aliphatic hydroxyl groups is 1. The number of halogens is 2. The molecule has 0 aliphatic carbocycles. The zero-order valence-electron chi connectivity index (χ0n) is 9.22. The Morgan fingerprint density at radius 3 is 2.53 bits per heavy atom. The zero-order valence-corrected chi connectivity index (χ0v) is 9.98. The molecule has 0 saturated carbocycles. The maximum atomic E-state index is 13.1. The van der Waals surface area contributed by atoms with Gasteiger partial charge in [0.05, 0.1) is 10.6 Å². The van der Waals surface area contributed by atoms with Crippen LogP contribution in [-0.2, 0) is 6.42 Å². The summed E-state index contributed by atoms with van der Waals surface area (Å²) in [5.41, 5.74) is -0.0594. The van der Waals surface area contributed by atoms with Crippen molar-refractivity contribution in [3.05, 3.63) is 34.6 Å². The van der Waals surface area contributed by atoms with E-state index in [-0.39, 0.29) is 10.9 Å². The molecule has 0 aliphatic rings. The molecule has 0 radical (unpaired) electrons. The first-order valence-corrected chi connectivity index (χ1v) is 5.37. The van der Waals surface area contributed by atoms with E-state index >= 15 is 0 Å². The summed E-state index contributed by atoms with van der Waals surface area (Å²) in [6, 6.07) is 4.63. The van der Waals surface area contributed by atoms with Crippen LogP contribution in [-0.4, -0.2) is 10.7 Å². The minimum atomic E-state index is -0.819. The molecule has 0 fully saturated rings. The molecule has 0 heterocycles. The predicted octanol–water partition coefficient (Wildman–Crippen LogP) is 3.43. The fourth-order valence-electron chi connectivity index (χ4n) is 1.27. The largest absolute Gasteiger partial charge is 0.390 e. The Labute approximate surface area is 94.9 Å². The van der Waals surface area contributed by atoms with Gasteiger partial charge in [0, 0.05) is 6.42 Å². The van der Waals surface area contributed by atoms with Gasteiger partial charge in [-0.2, -0.15) is 0 Å².